The molecule has 26 heavy (non-hydrogen) atoms. The van der Waals surface area contributed by atoms with Crippen molar-refractivity contribution in [1.29, 1.82) is 0 Å². The first-order valence-electron chi connectivity index (χ1n) is 8.08. The van der Waals surface area contributed by atoms with Gasteiger partial charge in [-0.1, -0.05) is 18.2 Å². The van der Waals surface area contributed by atoms with Crippen LogP contribution in [0.25, 0.3) is 33.1 Å². The molecule has 0 amide bonds. The van der Waals surface area contributed by atoms with Crippen molar-refractivity contribution in [3.8, 4) is 5.75 Å². The fourth-order valence-corrected chi connectivity index (χ4v) is 2.95. The van der Waals surface area contributed by atoms with E-state index < -0.39 is 5.97 Å². The lowest BCUT2D eigenvalue weighted by Crippen LogP contribution is -2.08. The van der Waals surface area contributed by atoms with Crippen LogP contribution in [0.1, 0.15) is 10.4 Å². The summed E-state index contributed by atoms with van der Waals surface area (Å²) in [5, 5.41) is 1.01. The first kappa shape index (κ1) is 14.5. The van der Waals surface area contributed by atoms with E-state index in [9.17, 15) is 4.79 Å². The molecule has 2 aromatic carbocycles. The molecule has 0 fully saturated rings. The lowest BCUT2D eigenvalue weighted by Gasteiger charge is -2.05. The Morgan fingerprint density at radius 2 is 1.88 bits per heavy atom. The number of carbonyl (C=O) groups is 1. The Morgan fingerprint density at radius 3 is 2.77 bits per heavy atom. The van der Waals surface area contributed by atoms with Gasteiger partial charge in [-0.15, -0.1) is 0 Å². The summed E-state index contributed by atoms with van der Waals surface area (Å²) in [5.74, 6) is -0.0431. The number of carbonyl (C=O) groups excluding carboxylic acids is 1. The van der Waals surface area contributed by atoms with Crippen molar-refractivity contribution in [2.24, 2.45) is 0 Å². The smallest absolute Gasteiger partial charge is 0.345 e. The second kappa shape index (κ2) is 5.63. The molecule has 0 atom stereocenters. The third kappa shape index (κ3) is 2.36. The monoisotopic (exact) mass is 340 g/mol. The van der Waals surface area contributed by atoms with E-state index in [1.54, 1.807) is 36.5 Å². The Kier molecular flexibility index (Phi) is 3.15. The number of aromatic amines is 1. The lowest BCUT2D eigenvalue weighted by molar-refractivity contribution is 0.0734. The maximum Gasteiger partial charge on any atom is 0.345 e. The number of H-pyrrole nitrogens is 1. The quantitative estimate of drug-likeness (QED) is 0.390. The van der Waals surface area contributed by atoms with Gasteiger partial charge in [0.15, 0.2) is 5.65 Å². The Hall–Kier alpha value is -3.80. The minimum Gasteiger partial charge on any atom is -0.423 e. The minimum absolute atomic E-state index is 0.394. The minimum atomic E-state index is -0.460. The van der Waals surface area contributed by atoms with Crippen LogP contribution in [0.15, 0.2) is 67.0 Å². The molecule has 3 heterocycles. The second-order valence-electron chi connectivity index (χ2n) is 5.87. The molecule has 5 aromatic rings. The summed E-state index contributed by atoms with van der Waals surface area (Å²) < 4.78 is 5.44. The fourth-order valence-electron chi connectivity index (χ4n) is 2.95. The first-order valence-corrected chi connectivity index (χ1v) is 8.08. The van der Waals surface area contributed by atoms with Crippen molar-refractivity contribution in [3.05, 3.63) is 72.6 Å². The van der Waals surface area contributed by atoms with E-state index in [0.717, 1.165) is 27.6 Å². The van der Waals surface area contributed by atoms with E-state index in [1.807, 2.05) is 24.3 Å². The third-order valence-electron chi connectivity index (χ3n) is 4.18. The van der Waals surface area contributed by atoms with E-state index in [2.05, 4.69) is 15.0 Å². The van der Waals surface area contributed by atoms with Gasteiger partial charge in [-0.2, -0.15) is 0 Å². The number of esters is 1. The van der Waals surface area contributed by atoms with Crippen LogP contribution < -0.4 is 4.74 Å². The van der Waals surface area contributed by atoms with Gasteiger partial charge in [0.25, 0.3) is 0 Å². The van der Waals surface area contributed by atoms with E-state index in [0.29, 0.717) is 16.8 Å². The average molecular weight is 340 g/mol. The van der Waals surface area contributed by atoms with Gasteiger partial charge in [0.2, 0.25) is 0 Å². The number of benzene rings is 2. The second-order valence-corrected chi connectivity index (χ2v) is 5.87. The molecule has 0 aliphatic rings. The van der Waals surface area contributed by atoms with Crippen molar-refractivity contribution in [2.75, 3.05) is 0 Å². The summed E-state index contributed by atoms with van der Waals surface area (Å²) in [4.78, 5) is 28.7. The van der Waals surface area contributed by atoms with Gasteiger partial charge in [0.05, 0.1) is 16.6 Å². The number of aromatic nitrogens is 4. The molecular formula is C20H12N4O2. The molecule has 0 saturated carbocycles. The SMILES string of the molecule is O=C(Oc1ccc2nc3[nH]c4ccccc4c3nc2c1)c1cccnc1. The van der Waals surface area contributed by atoms with Crippen LogP contribution in [0.2, 0.25) is 0 Å². The summed E-state index contributed by atoms with van der Waals surface area (Å²) in [6.45, 7) is 0. The highest BCUT2D eigenvalue weighted by Crippen LogP contribution is 2.26. The van der Waals surface area contributed by atoms with Crippen LogP contribution in [-0.4, -0.2) is 25.9 Å². The normalized spacial score (nSPS) is 11.2. The van der Waals surface area contributed by atoms with Gasteiger partial charge >= 0.3 is 5.97 Å². The van der Waals surface area contributed by atoms with Crippen LogP contribution in [-0.2, 0) is 0 Å². The molecule has 0 bridgehead atoms. The number of pyridine rings is 1. The number of nitrogens with zero attached hydrogens (tertiary/aromatic N) is 3. The third-order valence-corrected chi connectivity index (χ3v) is 4.18. The van der Waals surface area contributed by atoms with Gasteiger partial charge < -0.3 is 9.72 Å². The molecule has 0 unspecified atom stereocenters. The maximum atomic E-state index is 12.2. The zero-order chi connectivity index (χ0) is 17.5. The summed E-state index contributed by atoms with van der Waals surface area (Å²) in [6.07, 6.45) is 3.08. The largest absolute Gasteiger partial charge is 0.423 e. The summed E-state index contributed by atoms with van der Waals surface area (Å²) in [7, 11) is 0. The molecule has 0 aliphatic carbocycles. The molecule has 124 valence electrons. The van der Waals surface area contributed by atoms with Gasteiger partial charge in [-0.3, -0.25) is 4.98 Å². The predicted molar refractivity (Wildman–Crippen MR) is 98.1 cm³/mol. The molecule has 6 heteroatoms. The highest BCUT2D eigenvalue weighted by atomic mass is 16.5. The van der Waals surface area contributed by atoms with Crippen LogP contribution in [0.5, 0.6) is 5.75 Å². The van der Waals surface area contributed by atoms with Gasteiger partial charge in [0, 0.05) is 29.4 Å². The number of nitrogens with one attached hydrogen (secondary N) is 1. The Balaban J connectivity index is 1.59. The molecule has 0 aliphatic heterocycles. The highest BCUT2D eigenvalue weighted by Gasteiger charge is 2.12. The standard InChI is InChI=1S/C20H12N4O2/c25-20(12-4-3-9-21-11-12)26-13-7-8-16-17(10-13)22-18-14-5-1-2-6-15(14)23-19(18)24-16/h1-11H,(H,23,24). The van der Waals surface area contributed by atoms with E-state index in [-0.39, 0.29) is 0 Å². The number of hydrogen-bond acceptors (Lipinski definition) is 5. The summed E-state index contributed by atoms with van der Waals surface area (Å²) in [5.41, 5.74) is 4.30. The predicted octanol–water partition coefficient (Wildman–Crippen LogP) is 3.88. The number of fused-ring (bicyclic) bond motifs is 4. The van der Waals surface area contributed by atoms with Crippen LogP contribution in [0.3, 0.4) is 0 Å². The Labute approximate surface area is 147 Å². The molecule has 6 nitrogen and oxygen atoms in total. The fraction of sp³-hybridized carbons (Fsp3) is 0. The lowest BCUT2D eigenvalue weighted by atomic mass is 10.2. The molecule has 0 radical (unpaired) electrons. The number of rotatable bonds is 2. The molecule has 5 rings (SSSR count). The number of ether oxygens (including phenoxy) is 1. The van der Waals surface area contributed by atoms with Crippen molar-refractivity contribution < 1.29 is 9.53 Å². The zero-order valence-electron chi connectivity index (χ0n) is 13.5. The van der Waals surface area contributed by atoms with Crippen molar-refractivity contribution in [3.63, 3.8) is 0 Å². The summed E-state index contributed by atoms with van der Waals surface area (Å²) in [6, 6.07) is 16.5. The highest BCUT2D eigenvalue weighted by molar-refractivity contribution is 6.05. The Morgan fingerprint density at radius 1 is 0.962 bits per heavy atom. The topological polar surface area (TPSA) is 80.8 Å². The first-order chi connectivity index (χ1) is 12.8. The maximum absolute atomic E-state index is 12.2. The molecular weight excluding hydrogens is 328 g/mol. The average Bonchev–Trinajstić information content (AvgIpc) is 3.04. The summed E-state index contributed by atoms with van der Waals surface area (Å²) >= 11 is 0. The molecule has 1 N–H and O–H groups in total. The number of hydrogen-bond donors (Lipinski definition) is 1. The van der Waals surface area contributed by atoms with E-state index in [1.165, 1.54) is 6.20 Å². The van der Waals surface area contributed by atoms with Crippen LogP contribution in [0, 0.1) is 0 Å². The van der Waals surface area contributed by atoms with Gasteiger partial charge in [-0.05, 0) is 30.3 Å². The molecule has 0 saturated heterocycles. The van der Waals surface area contributed by atoms with Crippen LogP contribution in [0.4, 0.5) is 0 Å². The van der Waals surface area contributed by atoms with Gasteiger partial charge in [-0.25, -0.2) is 14.8 Å². The zero-order valence-corrected chi connectivity index (χ0v) is 13.5. The molecule has 3 aromatic heterocycles. The van der Waals surface area contributed by atoms with Crippen molar-refractivity contribution in [2.45, 2.75) is 0 Å². The van der Waals surface area contributed by atoms with E-state index in [4.69, 9.17) is 9.72 Å². The molecule has 0 spiro atoms. The Bertz CT molecular complexity index is 1280. The number of para-hydroxylation sites is 1. The van der Waals surface area contributed by atoms with Gasteiger partial charge in [0.1, 0.15) is 11.3 Å². The van der Waals surface area contributed by atoms with Crippen molar-refractivity contribution in [1.82, 2.24) is 19.9 Å². The van der Waals surface area contributed by atoms with E-state index >= 15 is 0 Å². The van der Waals surface area contributed by atoms with Crippen molar-refractivity contribution >= 4 is 39.1 Å². The van der Waals surface area contributed by atoms with Crippen LogP contribution >= 0.6 is 0 Å².